The summed E-state index contributed by atoms with van der Waals surface area (Å²) in [7, 11) is -8.58. The molecule has 4 rings (SSSR count). The van der Waals surface area contributed by atoms with Gasteiger partial charge in [-0.1, -0.05) is 20.8 Å². The number of carbonyl (C=O) groups is 3. The quantitative estimate of drug-likeness (QED) is 0.363. The summed E-state index contributed by atoms with van der Waals surface area (Å²) >= 11 is 0. The van der Waals surface area contributed by atoms with Crippen molar-refractivity contribution in [3.8, 4) is 0 Å². The van der Waals surface area contributed by atoms with E-state index in [1.807, 2.05) is 0 Å². The Morgan fingerprint density at radius 3 is 2.10 bits per heavy atom. The van der Waals surface area contributed by atoms with E-state index in [1.54, 1.807) is 20.8 Å². The molecule has 31 heavy (non-hydrogen) atoms. The second kappa shape index (κ2) is 5.97. The van der Waals surface area contributed by atoms with E-state index in [1.165, 1.54) is 0 Å². The summed E-state index contributed by atoms with van der Waals surface area (Å²) in [5.74, 6) is -2.96. The summed E-state index contributed by atoms with van der Waals surface area (Å²) in [5.41, 5.74) is -7.24. The molecule has 0 radical (unpaired) electrons. The van der Waals surface area contributed by atoms with Gasteiger partial charge in [0.2, 0.25) is 0 Å². The van der Waals surface area contributed by atoms with Crippen LogP contribution in [-0.2, 0) is 57.2 Å². The fourth-order valence-electron chi connectivity index (χ4n) is 5.87. The van der Waals surface area contributed by atoms with Crippen molar-refractivity contribution in [2.24, 2.45) is 16.2 Å². The Labute approximate surface area is 178 Å². The lowest BCUT2D eigenvalue weighted by molar-refractivity contribution is -0.207. The third-order valence-corrected chi connectivity index (χ3v) is 7.83. The van der Waals surface area contributed by atoms with E-state index in [9.17, 15) is 31.2 Å². The minimum atomic E-state index is -4.32. The molecule has 12 nitrogen and oxygen atoms in total. The van der Waals surface area contributed by atoms with Crippen molar-refractivity contribution in [1.29, 1.82) is 0 Å². The maximum atomic E-state index is 13.2. The van der Waals surface area contributed by atoms with E-state index >= 15 is 0 Å². The molecule has 2 spiro atoms. The van der Waals surface area contributed by atoms with Crippen LogP contribution in [0.1, 0.15) is 33.6 Å². The monoisotopic (exact) mass is 482 g/mol. The SMILES string of the molecule is CC(C)(C)[C@]1(OS(C)(=O)=O)CC2OC(=O)CC23C(=O)OC2OC(=O)[C@@H](OS(C)(=O)=O)C231. The summed E-state index contributed by atoms with van der Waals surface area (Å²) in [4.78, 5) is 38.2. The number of hydrogen-bond donors (Lipinski definition) is 0. The predicted octanol–water partition coefficient (Wildman–Crippen LogP) is -0.776. The summed E-state index contributed by atoms with van der Waals surface area (Å²) in [6.45, 7) is 4.76. The number of carbonyl (C=O) groups excluding carboxylic acids is 3. The Balaban J connectivity index is 2.12. The number of hydrogen-bond acceptors (Lipinski definition) is 12. The zero-order valence-corrected chi connectivity index (χ0v) is 19.0. The molecule has 4 aliphatic rings. The molecule has 174 valence electrons. The topological polar surface area (TPSA) is 166 Å². The molecule has 0 bridgehead atoms. The van der Waals surface area contributed by atoms with Gasteiger partial charge in [0, 0.05) is 6.42 Å². The Morgan fingerprint density at radius 1 is 0.968 bits per heavy atom. The lowest BCUT2D eigenvalue weighted by Gasteiger charge is -2.52. The third kappa shape index (κ3) is 2.61. The normalized spacial score (nSPS) is 42.0. The lowest BCUT2D eigenvalue weighted by atomic mass is 9.52. The van der Waals surface area contributed by atoms with Crippen LogP contribution in [0.2, 0.25) is 0 Å². The highest BCUT2D eigenvalue weighted by Crippen LogP contribution is 2.77. The van der Waals surface area contributed by atoms with E-state index in [4.69, 9.17) is 22.6 Å². The van der Waals surface area contributed by atoms with Gasteiger partial charge in [0.15, 0.2) is 6.10 Å². The maximum Gasteiger partial charge on any atom is 0.340 e. The van der Waals surface area contributed by atoms with Gasteiger partial charge in [-0.25, -0.2) is 4.79 Å². The number of rotatable bonds is 4. The molecule has 0 amide bonds. The van der Waals surface area contributed by atoms with Gasteiger partial charge >= 0.3 is 17.9 Å². The van der Waals surface area contributed by atoms with Crippen molar-refractivity contribution in [3.05, 3.63) is 0 Å². The first-order chi connectivity index (χ1) is 13.9. The molecule has 0 N–H and O–H groups in total. The highest BCUT2D eigenvalue weighted by molar-refractivity contribution is 7.86. The van der Waals surface area contributed by atoms with Crippen molar-refractivity contribution in [1.82, 2.24) is 0 Å². The van der Waals surface area contributed by atoms with Crippen LogP contribution in [-0.4, -0.2) is 71.4 Å². The Morgan fingerprint density at radius 2 is 1.58 bits per heavy atom. The van der Waals surface area contributed by atoms with Crippen LogP contribution in [0.25, 0.3) is 0 Å². The molecule has 3 heterocycles. The van der Waals surface area contributed by atoms with Gasteiger partial charge in [0.05, 0.1) is 18.9 Å². The van der Waals surface area contributed by atoms with Gasteiger partial charge < -0.3 is 14.2 Å². The standard InChI is InChI=1S/C17H22O12S2/c1-14(2,3)16(29-31(5,23)24)6-8-15(7-9(18)25-8)12(20)27-13-17(15,16)10(11(19)26-13)28-30(4,21)22/h8,10,13H,6-7H2,1-5H3/t8?,10-,13?,15?,16-,17?/m1/s1. The van der Waals surface area contributed by atoms with Crippen LogP contribution in [0.3, 0.4) is 0 Å². The van der Waals surface area contributed by atoms with Crippen LogP contribution >= 0.6 is 0 Å². The highest BCUT2D eigenvalue weighted by Gasteiger charge is 2.94. The Kier molecular flexibility index (Phi) is 4.32. The minimum Gasteiger partial charge on any atom is -0.461 e. The molecular formula is C17H22O12S2. The first-order valence-corrected chi connectivity index (χ1v) is 12.9. The van der Waals surface area contributed by atoms with Crippen LogP contribution < -0.4 is 0 Å². The van der Waals surface area contributed by atoms with Gasteiger partial charge in [-0.2, -0.15) is 16.8 Å². The van der Waals surface area contributed by atoms with E-state index in [2.05, 4.69) is 0 Å². The van der Waals surface area contributed by atoms with E-state index < -0.39 is 84.9 Å². The molecule has 3 aliphatic heterocycles. The van der Waals surface area contributed by atoms with Crippen LogP contribution in [0.15, 0.2) is 0 Å². The van der Waals surface area contributed by atoms with E-state index in [0.29, 0.717) is 6.26 Å². The van der Waals surface area contributed by atoms with Crippen molar-refractivity contribution in [2.75, 3.05) is 12.5 Å². The Bertz CT molecular complexity index is 1100. The first kappa shape index (κ1) is 22.4. The third-order valence-electron chi connectivity index (χ3n) is 6.70. The molecule has 6 atom stereocenters. The second-order valence-corrected chi connectivity index (χ2v) is 12.6. The molecule has 14 heteroatoms. The van der Waals surface area contributed by atoms with Crippen molar-refractivity contribution in [3.63, 3.8) is 0 Å². The van der Waals surface area contributed by atoms with Gasteiger partial charge in [-0.15, -0.1) is 0 Å². The number of esters is 3. The molecule has 0 aromatic rings. The Hall–Kier alpha value is -1.77. The second-order valence-electron chi connectivity index (χ2n) is 9.42. The molecule has 1 saturated carbocycles. The first-order valence-electron chi connectivity index (χ1n) is 9.31. The van der Waals surface area contributed by atoms with Gasteiger partial charge in [-0.05, 0) is 5.41 Å². The fraction of sp³-hybridized carbons (Fsp3) is 0.824. The van der Waals surface area contributed by atoms with Gasteiger partial charge in [0.1, 0.15) is 22.5 Å². The van der Waals surface area contributed by atoms with Crippen LogP contribution in [0.5, 0.6) is 0 Å². The summed E-state index contributed by atoms with van der Waals surface area (Å²) in [5, 5.41) is 0. The van der Waals surface area contributed by atoms with Crippen molar-refractivity contribution >= 4 is 38.1 Å². The lowest BCUT2D eigenvalue weighted by Crippen LogP contribution is -2.67. The average Bonchev–Trinajstić information content (AvgIpc) is 3.13. The molecule has 4 unspecified atom stereocenters. The van der Waals surface area contributed by atoms with Crippen molar-refractivity contribution < 1.29 is 53.8 Å². The van der Waals surface area contributed by atoms with E-state index in [-0.39, 0.29) is 6.42 Å². The molecule has 1 aliphatic carbocycles. The molecule has 3 saturated heterocycles. The summed E-state index contributed by atoms with van der Waals surface area (Å²) < 4.78 is 75.6. The maximum absolute atomic E-state index is 13.2. The summed E-state index contributed by atoms with van der Waals surface area (Å²) in [6.07, 6.45) is -4.47. The van der Waals surface area contributed by atoms with E-state index in [0.717, 1.165) is 6.26 Å². The molecular weight excluding hydrogens is 460 g/mol. The highest BCUT2D eigenvalue weighted by atomic mass is 32.2. The van der Waals surface area contributed by atoms with Crippen LogP contribution in [0.4, 0.5) is 0 Å². The molecule has 4 fully saturated rings. The minimum absolute atomic E-state index is 0.332. The van der Waals surface area contributed by atoms with Gasteiger partial charge in [0.25, 0.3) is 26.5 Å². The average molecular weight is 482 g/mol. The zero-order valence-electron chi connectivity index (χ0n) is 17.4. The van der Waals surface area contributed by atoms with Crippen molar-refractivity contribution in [2.45, 2.75) is 57.7 Å². The molecule has 0 aromatic heterocycles. The predicted molar refractivity (Wildman–Crippen MR) is 97.8 cm³/mol. The zero-order chi connectivity index (χ0) is 23.4. The smallest absolute Gasteiger partial charge is 0.340 e. The fourth-order valence-corrected chi connectivity index (χ4v) is 7.42. The van der Waals surface area contributed by atoms with Crippen LogP contribution in [0, 0.1) is 16.2 Å². The largest absolute Gasteiger partial charge is 0.461 e. The van der Waals surface area contributed by atoms with Gasteiger partial charge in [-0.3, -0.25) is 18.0 Å². The molecule has 0 aromatic carbocycles. The number of ether oxygens (including phenoxy) is 3. The summed E-state index contributed by atoms with van der Waals surface area (Å²) in [6, 6.07) is 0.